The van der Waals surface area contributed by atoms with Gasteiger partial charge in [-0.3, -0.25) is 0 Å². The van der Waals surface area contributed by atoms with Crippen molar-refractivity contribution in [1.82, 2.24) is 0 Å². The second-order valence-electron chi connectivity index (χ2n) is 13.7. The molecule has 0 aliphatic heterocycles. The van der Waals surface area contributed by atoms with Crippen LogP contribution in [0, 0.1) is 0 Å². The van der Waals surface area contributed by atoms with Gasteiger partial charge in [0, 0.05) is 5.41 Å². The topological polar surface area (TPSA) is 0 Å². The van der Waals surface area contributed by atoms with Gasteiger partial charge in [-0.2, -0.15) is 0 Å². The maximum absolute atomic E-state index is 2.49. The standard InChI is InChI=1S/C47H32/c1-47(2)42-20-8-7-19-40(42)46-38-18-6-5-17-37(38)41(28-43(46)47)36-16-4-3-15-34(36)32-13-10-14-33(27-32)35-25-23-31-22-21-29-11-9-12-30-24-26-39(35)45(31)44(29)30/h3-28H,1-2H3. The van der Waals surface area contributed by atoms with Crippen LogP contribution in [-0.2, 0) is 5.41 Å². The molecule has 0 aromatic heterocycles. The molecule has 0 N–H and O–H groups in total. The summed E-state index contributed by atoms with van der Waals surface area (Å²) >= 11 is 0. The van der Waals surface area contributed by atoms with Crippen LogP contribution in [0.15, 0.2) is 158 Å². The summed E-state index contributed by atoms with van der Waals surface area (Å²) < 4.78 is 0. The molecule has 0 unspecified atom stereocenters. The highest BCUT2D eigenvalue weighted by Gasteiger charge is 2.37. The zero-order valence-corrected chi connectivity index (χ0v) is 26.5. The predicted molar refractivity (Wildman–Crippen MR) is 202 cm³/mol. The Morgan fingerprint density at radius 2 is 0.936 bits per heavy atom. The van der Waals surface area contributed by atoms with Crippen molar-refractivity contribution in [2.75, 3.05) is 0 Å². The van der Waals surface area contributed by atoms with E-state index in [9.17, 15) is 0 Å². The molecule has 0 spiro atoms. The van der Waals surface area contributed by atoms with E-state index in [1.54, 1.807) is 0 Å². The lowest BCUT2D eigenvalue weighted by Crippen LogP contribution is -2.15. The van der Waals surface area contributed by atoms with Crippen LogP contribution >= 0.6 is 0 Å². The molecule has 9 aromatic rings. The molecule has 1 aliphatic carbocycles. The Morgan fingerprint density at radius 3 is 1.74 bits per heavy atom. The van der Waals surface area contributed by atoms with Gasteiger partial charge in [-0.25, -0.2) is 0 Å². The van der Waals surface area contributed by atoms with Gasteiger partial charge in [0.15, 0.2) is 0 Å². The van der Waals surface area contributed by atoms with E-state index in [1.165, 1.54) is 98.7 Å². The van der Waals surface area contributed by atoms with E-state index in [4.69, 9.17) is 0 Å². The molecular weight excluding hydrogens is 565 g/mol. The summed E-state index contributed by atoms with van der Waals surface area (Å²) in [6.07, 6.45) is 0. The third kappa shape index (κ3) is 3.70. The minimum absolute atomic E-state index is 0.0748. The van der Waals surface area contributed by atoms with E-state index in [0.29, 0.717) is 0 Å². The van der Waals surface area contributed by atoms with Crippen LogP contribution in [0.1, 0.15) is 25.0 Å². The maximum Gasteiger partial charge on any atom is 0.0159 e. The minimum Gasteiger partial charge on any atom is -0.0619 e. The molecule has 0 heteroatoms. The van der Waals surface area contributed by atoms with Crippen LogP contribution in [0.3, 0.4) is 0 Å². The highest BCUT2D eigenvalue weighted by Crippen LogP contribution is 2.53. The summed E-state index contributed by atoms with van der Waals surface area (Å²) in [5.74, 6) is 0. The van der Waals surface area contributed by atoms with Crippen molar-refractivity contribution in [2.24, 2.45) is 0 Å². The third-order valence-electron chi connectivity index (χ3n) is 10.8. The fourth-order valence-electron chi connectivity index (χ4n) is 8.58. The Balaban J connectivity index is 1.18. The van der Waals surface area contributed by atoms with Crippen LogP contribution < -0.4 is 0 Å². The Labute approximate surface area is 274 Å². The van der Waals surface area contributed by atoms with Gasteiger partial charge in [0.05, 0.1) is 0 Å². The molecule has 0 saturated heterocycles. The quantitative estimate of drug-likeness (QED) is 0.178. The fraction of sp³-hybridized carbons (Fsp3) is 0.0638. The summed E-state index contributed by atoms with van der Waals surface area (Å²) in [6, 6.07) is 58.9. The summed E-state index contributed by atoms with van der Waals surface area (Å²) in [5.41, 5.74) is 13.1. The smallest absolute Gasteiger partial charge is 0.0159 e. The van der Waals surface area contributed by atoms with Gasteiger partial charge in [0.25, 0.3) is 0 Å². The summed E-state index contributed by atoms with van der Waals surface area (Å²) in [7, 11) is 0. The molecule has 0 saturated carbocycles. The second-order valence-corrected chi connectivity index (χ2v) is 13.7. The van der Waals surface area contributed by atoms with E-state index < -0.39 is 0 Å². The van der Waals surface area contributed by atoms with E-state index in [-0.39, 0.29) is 5.41 Å². The number of hydrogen-bond donors (Lipinski definition) is 0. The Hall–Kier alpha value is -5.72. The lowest BCUT2D eigenvalue weighted by Gasteiger charge is -2.23. The first-order chi connectivity index (χ1) is 23.1. The third-order valence-corrected chi connectivity index (χ3v) is 10.8. The first kappa shape index (κ1) is 26.5. The van der Waals surface area contributed by atoms with Crippen molar-refractivity contribution in [3.05, 3.63) is 169 Å². The largest absolute Gasteiger partial charge is 0.0619 e. The molecule has 47 heavy (non-hydrogen) atoms. The molecule has 0 fully saturated rings. The van der Waals surface area contributed by atoms with Gasteiger partial charge in [-0.05, 0) is 111 Å². The maximum atomic E-state index is 2.49. The average Bonchev–Trinajstić information content (AvgIpc) is 3.36. The molecule has 0 amide bonds. The number of fused-ring (bicyclic) bond motifs is 5. The van der Waals surface area contributed by atoms with E-state index in [0.717, 1.165) is 0 Å². The van der Waals surface area contributed by atoms with Gasteiger partial charge in [-0.15, -0.1) is 0 Å². The van der Waals surface area contributed by atoms with Gasteiger partial charge >= 0.3 is 0 Å². The Bertz CT molecular complexity index is 2690. The van der Waals surface area contributed by atoms with Crippen LogP contribution in [0.2, 0.25) is 0 Å². The van der Waals surface area contributed by atoms with Gasteiger partial charge in [-0.1, -0.05) is 159 Å². The van der Waals surface area contributed by atoms with E-state index >= 15 is 0 Å². The highest BCUT2D eigenvalue weighted by atomic mass is 14.4. The molecule has 0 atom stereocenters. The van der Waals surface area contributed by atoms with Crippen LogP contribution in [0.25, 0.3) is 87.6 Å². The summed E-state index contributed by atoms with van der Waals surface area (Å²) in [6.45, 7) is 4.75. The first-order valence-electron chi connectivity index (χ1n) is 16.6. The van der Waals surface area contributed by atoms with Crippen molar-refractivity contribution < 1.29 is 0 Å². The van der Waals surface area contributed by atoms with Crippen molar-refractivity contribution in [1.29, 1.82) is 0 Å². The van der Waals surface area contributed by atoms with Gasteiger partial charge in [0.1, 0.15) is 0 Å². The zero-order chi connectivity index (χ0) is 31.3. The normalized spacial score (nSPS) is 13.5. The predicted octanol–water partition coefficient (Wildman–Crippen LogP) is 13.0. The molecule has 0 heterocycles. The van der Waals surface area contributed by atoms with Crippen LogP contribution in [0.4, 0.5) is 0 Å². The molecule has 9 aromatic carbocycles. The average molecular weight is 597 g/mol. The van der Waals surface area contributed by atoms with Gasteiger partial charge in [0.2, 0.25) is 0 Å². The molecular formula is C47H32. The highest BCUT2D eigenvalue weighted by molar-refractivity contribution is 6.25. The lowest BCUT2D eigenvalue weighted by molar-refractivity contribution is 0.661. The molecule has 1 aliphatic rings. The monoisotopic (exact) mass is 596 g/mol. The van der Waals surface area contributed by atoms with Crippen molar-refractivity contribution in [2.45, 2.75) is 19.3 Å². The number of rotatable bonds is 3. The van der Waals surface area contributed by atoms with Crippen molar-refractivity contribution in [3.8, 4) is 44.5 Å². The zero-order valence-electron chi connectivity index (χ0n) is 26.5. The van der Waals surface area contributed by atoms with E-state index in [2.05, 4.69) is 172 Å². The Kier molecular flexibility index (Phi) is 5.44. The SMILES string of the molecule is CC1(C)c2ccccc2-c2c1cc(-c1ccccc1-c1cccc(-c3ccc4ccc5cccc6ccc3c4c56)c1)c1ccccc21. The molecule has 0 nitrogen and oxygen atoms in total. The molecule has 10 rings (SSSR count). The van der Waals surface area contributed by atoms with Crippen LogP contribution in [0.5, 0.6) is 0 Å². The fourth-order valence-corrected chi connectivity index (χ4v) is 8.58. The lowest BCUT2D eigenvalue weighted by atomic mass is 9.80. The minimum atomic E-state index is -0.0748. The molecule has 0 radical (unpaired) electrons. The van der Waals surface area contributed by atoms with Crippen molar-refractivity contribution >= 4 is 43.1 Å². The summed E-state index contributed by atoms with van der Waals surface area (Å²) in [4.78, 5) is 0. The van der Waals surface area contributed by atoms with Crippen LogP contribution in [-0.4, -0.2) is 0 Å². The first-order valence-corrected chi connectivity index (χ1v) is 16.6. The van der Waals surface area contributed by atoms with Gasteiger partial charge < -0.3 is 0 Å². The summed E-state index contributed by atoms with van der Waals surface area (Å²) in [5, 5.41) is 10.6. The van der Waals surface area contributed by atoms with E-state index in [1.807, 2.05) is 0 Å². The molecule has 0 bridgehead atoms. The second kappa shape index (κ2) is 9.64. The Morgan fingerprint density at radius 1 is 0.340 bits per heavy atom. The molecule has 220 valence electrons. The number of benzene rings is 9. The van der Waals surface area contributed by atoms with Crippen molar-refractivity contribution in [3.63, 3.8) is 0 Å². The number of hydrogen-bond acceptors (Lipinski definition) is 0.